The minimum absolute atomic E-state index is 0.868. The average molecular weight is 178 g/mol. The van der Waals surface area contributed by atoms with Crippen molar-refractivity contribution >= 4 is 0 Å². The summed E-state index contributed by atoms with van der Waals surface area (Å²) in [6, 6.07) is 0. The van der Waals surface area contributed by atoms with E-state index in [-0.39, 0.29) is 0 Å². The van der Waals surface area contributed by atoms with Crippen molar-refractivity contribution in [2.45, 2.75) is 34.1 Å². The van der Waals surface area contributed by atoms with E-state index in [0.29, 0.717) is 0 Å². The summed E-state index contributed by atoms with van der Waals surface area (Å²) in [6.45, 7) is 9.59. The molecule has 2 aliphatic carbocycles. The Morgan fingerprint density at radius 2 is 1.23 bits per heavy atom. The van der Waals surface area contributed by atoms with Gasteiger partial charge in [-0.3, -0.25) is 0 Å². The lowest BCUT2D eigenvalue weighted by Crippen LogP contribution is -2.28. The summed E-state index contributed by atoms with van der Waals surface area (Å²) >= 11 is 0. The van der Waals surface area contributed by atoms with Gasteiger partial charge in [0, 0.05) is 0 Å². The van der Waals surface area contributed by atoms with Gasteiger partial charge in [-0.2, -0.15) is 0 Å². The van der Waals surface area contributed by atoms with Gasteiger partial charge in [-0.15, -0.1) is 0 Å². The zero-order chi connectivity index (χ0) is 9.59. The van der Waals surface area contributed by atoms with Crippen LogP contribution in [0.15, 0.2) is 12.2 Å². The van der Waals surface area contributed by atoms with Crippen molar-refractivity contribution in [3.8, 4) is 0 Å². The summed E-state index contributed by atoms with van der Waals surface area (Å²) in [4.78, 5) is 0. The number of allylic oxidation sites excluding steroid dienone is 2. The maximum absolute atomic E-state index is 2.48. The predicted molar refractivity (Wildman–Crippen MR) is 57.4 cm³/mol. The number of fused-ring (bicyclic) bond motifs is 2. The molecule has 0 aliphatic heterocycles. The molecule has 1 saturated carbocycles. The molecule has 0 heteroatoms. The lowest BCUT2D eigenvalue weighted by molar-refractivity contribution is 0.182. The Morgan fingerprint density at radius 3 is 1.54 bits per heavy atom. The Labute approximate surface area is 82.4 Å². The van der Waals surface area contributed by atoms with E-state index in [2.05, 4.69) is 39.8 Å². The van der Waals surface area contributed by atoms with Crippen LogP contribution in [0.1, 0.15) is 34.1 Å². The van der Waals surface area contributed by atoms with Gasteiger partial charge in [0.25, 0.3) is 0 Å². The minimum Gasteiger partial charge on any atom is -0.0848 e. The van der Waals surface area contributed by atoms with E-state index in [1.807, 2.05) is 0 Å². The van der Waals surface area contributed by atoms with Crippen LogP contribution in [0, 0.1) is 35.5 Å². The van der Waals surface area contributed by atoms with Gasteiger partial charge in [0.05, 0.1) is 0 Å². The first kappa shape index (κ1) is 9.30. The highest BCUT2D eigenvalue weighted by Crippen LogP contribution is 2.53. The topological polar surface area (TPSA) is 0 Å². The fourth-order valence-electron chi connectivity index (χ4n) is 3.78. The van der Waals surface area contributed by atoms with Crippen LogP contribution in [-0.4, -0.2) is 0 Å². The Bertz CT molecular complexity index is 190. The van der Waals surface area contributed by atoms with Crippen molar-refractivity contribution in [3.05, 3.63) is 12.2 Å². The third kappa shape index (κ3) is 1.35. The van der Waals surface area contributed by atoms with Crippen LogP contribution >= 0.6 is 0 Å². The number of hydrogen-bond acceptors (Lipinski definition) is 0. The van der Waals surface area contributed by atoms with E-state index in [1.54, 1.807) is 0 Å². The van der Waals surface area contributed by atoms with Crippen LogP contribution in [0.5, 0.6) is 0 Å². The van der Waals surface area contributed by atoms with E-state index < -0.39 is 0 Å². The Hall–Kier alpha value is -0.260. The molecule has 0 spiro atoms. The van der Waals surface area contributed by atoms with Crippen molar-refractivity contribution in [1.29, 1.82) is 0 Å². The molecule has 0 aromatic carbocycles. The molecule has 0 aromatic rings. The summed E-state index contributed by atoms with van der Waals surface area (Å²) in [7, 11) is 0. The monoisotopic (exact) mass is 178 g/mol. The molecule has 4 atom stereocenters. The molecule has 2 unspecified atom stereocenters. The zero-order valence-corrected chi connectivity index (χ0v) is 9.33. The Balaban J connectivity index is 2.20. The van der Waals surface area contributed by atoms with E-state index >= 15 is 0 Å². The predicted octanol–water partition coefficient (Wildman–Crippen LogP) is 3.74. The number of rotatable bonds is 2. The fraction of sp³-hybridized carbons (Fsp3) is 0.846. The molecule has 2 rings (SSSR count). The molecule has 2 bridgehead atoms. The van der Waals surface area contributed by atoms with Crippen LogP contribution in [0.3, 0.4) is 0 Å². The smallest absolute Gasteiger partial charge is 0.0194 e. The third-order valence-corrected chi connectivity index (χ3v) is 4.12. The molecular weight excluding hydrogens is 156 g/mol. The zero-order valence-electron chi connectivity index (χ0n) is 9.33. The van der Waals surface area contributed by atoms with Gasteiger partial charge >= 0.3 is 0 Å². The maximum atomic E-state index is 2.48. The first-order chi connectivity index (χ1) is 6.11. The van der Waals surface area contributed by atoms with Crippen molar-refractivity contribution < 1.29 is 0 Å². The van der Waals surface area contributed by atoms with Crippen LogP contribution in [0.2, 0.25) is 0 Å². The summed E-state index contributed by atoms with van der Waals surface area (Å²) in [6.07, 6.45) is 6.41. The molecule has 0 radical (unpaired) electrons. The van der Waals surface area contributed by atoms with Gasteiger partial charge in [-0.05, 0) is 41.9 Å². The molecule has 74 valence electrons. The molecule has 0 nitrogen and oxygen atoms in total. The second-order valence-electron chi connectivity index (χ2n) is 5.59. The maximum Gasteiger partial charge on any atom is -0.0194 e. The normalized spacial score (nSPS) is 42.6. The number of hydrogen-bond donors (Lipinski definition) is 0. The highest BCUT2D eigenvalue weighted by molar-refractivity contribution is 5.14. The second kappa shape index (κ2) is 3.15. The molecule has 0 amide bonds. The highest BCUT2D eigenvalue weighted by Gasteiger charge is 2.46. The van der Waals surface area contributed by atoms with Crippen LogP contribution in [0.4, 0.5) is 0 Å². The summed E-state index contributed by atoms with van der Waals surface area (Å²) < 4.78 is 0. The van der Waals surface area contributed by atoms with Crippen LogP contribution < -0.4 is 0 Å². The van der Waals surface area contributed by atoms with Crippen molar-refractivity contribution in [2.24, 2.45) is 35.5 Å². The summed E-state index contributed by atoms with van der Waals surface area (Å²) in [5.74, 6) is 5.50. The summed E-state index contributed by atoms with van der Waals surface area (Å²) in [5, 5.41) is 0. The Morgan fingerprint density at radius 1 is 0.846 bits per heavy atom. The lowest BCUT2D eigenvalue weighted by Gasteiger charge is -2.33. The molecular formula is C13H22. The van der Waals surface area contributed by atoms with Crippen molar-refractivity contribution in [3.63, 3.8) is 0 Å². The van der Waals surface area contributed by atoms with Gasteiger partial charge in [0.2, 0.25) is 0 Å². The van der Waals surface area contributed by atoms with Gasteiger partial charge < -0.3 is 0 Å². The van der Waals surface area contributed by atoms with E-state index in [1.165, 1.54) is 6.42 Å². The molecule has 13 heavy (non-hydrogen) atoms. The first-order valence-corrected chi connectivity index (χ1v) is 5.79. The minimum atomic E-state index is 0.868. The standard InChI is InChI=1S/C13H22/c1-8(2)12-10-5-6-11(7-10)13(12)9(3)4/h5-6,8-13H,7H2,1-4H3/t10?,11?,12-,13+. The molecule has 0 saturated heterocycles. The van der Waals surface area contributed by atoms with E-state index in [9.17, 15) is 0 Å². The van der Waals surface area contributed by atoms with Gasteiger partial charge in [0.1, 0.15) is 0 Å². The Kier molecular flexibility index (Phi) is 2.25. The highest BCUT2D eigenvalue weighted by atomic mass is 14.5. The van der Waals surface area contributed by atoms with E-state index in [0.717, 1.165) is 35.5 Å². The molecule has 0 N–H and O–H groups in total. The van der Waals surface area contributed by atoms with Crippen molar-refractivity contribution in [2.75, 3.05) is 0 Å². The second-order valence-corrected chi connectivity index (χ2v) is 5.59. The third-order valence-electron chi connectivity index (χ3n) is 4.12. The average Bonchev–Trinajstić information content (AvgIpc) is 2.60. The first-order valence-electron chi connectivity index (χ1n) is 5.79. The van der Waals surface area contributed by atoms with Crippen molar-refractivity contribution in [1.82, 2.24) is 0 Å². The van der Waals surface area contributed by atoms with Crippen LogP contribution in [-0.2, 0) is 0 Å². The SMILES string of the molecule is CC(C)[C@@H]1C2C=CC(C2)[C@@H]1C(C)C. The lowest BCUT2D eigenvalue weighted by atomic mass is 9.71. The molecule has 0 aromatic heterocycles. The van der Waals surface area contributed by atoms with Gasteiger partial charge in [-0.25, -0.2) is 0 Å². The molecule has 1 fully saturated rings. The molecule has 0 heterocycles. The molecule has 2 aliphatic rings. The van der Waals surface area contributed by atoms with Gasteiger partial charge in [-0.1, -0.05) is 39.8 Å². The largest absolute Gasteiger partial charge is 0.0848 e. The quantitative estimate of drug-likeness (QED) is 0.565. The fourth-order valence-corrected chi connectivity index (χ4v) is 3.78. The van der Waals surface area contributed by atoms with Gasteiger partial charge in [0.15, 0.2) is 0 Å². The van der Waals surface area contributed by atoms with Crippen LogP contribution in [0.25, 0.3) is 0 Å². The van der Waals surface area contributed by atoms with E-state index in [4.69, 9.17) is 0 Å². The summed E-state index contributed by atoms with van der Waals surface area (Å²) in [5.41, 5.74) is 0.